The monoisotopic (exact) mass is 317 g/mol. The number of amides is 4. The number of hydrogen-bond donors (Lipinski definition) is 6. The smallest absolute Gasteiger partial charge is 0.326 e. The van der Waals surface area contributed by atoms with Gasteiger partial charge >= 0.3 is 5.97 Å². The minimum Gasteiger partial charge on any atom is -0.480 e. The Morgan fingerprint density at radius 1 is 0.955 bits per heavy atom. The Morgan fingerprint density at radius 2 is 1.45 bits per heavy atom. The van der Waals surface area contributed by atoms with Gasteiger partial charge in [0.2, 0.25) is 23.6 Å². The van der Waals surface area contributed by atoms with Gasteiger partial charge in [-0.1, -0.05) is 0 Å². The topological polar surface area (TPSA) is 208 Å². The molecule has 0 fully saturated rings. The quantitative estimate of drug-likeness (QED) is 0.249. The normalized spacial score (nSPS) is 14.3. The number of nitrogens with two attached hydrogens (primary N) is 3. The summed E-state index contributed by atoms with van der Waals surface area (Å²) >= 11 is 0. The second-order valence-electron chi connectivity index (χ2n) is 4.58. The molecule has 3 unspecified atom stereocenters. The third-order valence-electron chi connectivity index (χ3n) is 2.53. The summed E-state index contributed by atoms with van der Waals surface area (Å²) in [6.45, 7) is 1.27. The maximum Gasteiger partial charge on any atom is 0.326 e. The number of primary amides is 2. The van der Waals surface area contributed by atoms with Gasteiger partial charge in [0.15, 0.2) is 0 Å². The predicted octanol–water partition coefficient (Wildman–Crippen LogP) is -3.86. The third-order valence-corrected chi connectivity index (χ3v) is 2.53. The molecule has 0 aliphatic heterocycles. The van der Waals surface area contributed by atoms with E-state index in [1.807, 2.05) is 5.32 Å². The molecule has 0 aromatic carbocycles. The van der Waals surface area contributed by atoms with Crippen LogP contribution in [0.3, 0.4) is 0 Å². The van der Waals surface area contributed by atoms with Crippen molar-refractivity contribution in [2.75, 3.05) is 0 Å². The first-order valence-corrected chi connectivity index (χ1v) is 6.20. The van der Waals surface area contributed by atoms with E-state index in [-0.39, 0.29) is 0 Å². The Kier molecular flexibility index (Phi) is 7.52. The van der Waals surface area contributed by atoms with Crippen LogP contribution in [-0.2, 0) is 24.0 Å². The van der Waals surface area contributed by atoms with Crippen LogP contribution in [0, 0.1) is 0 Å². The summed E-state index contributed by atoms with van der Waals surface area (Å²) in [5, 5.41) is 13.1. The van der Waals surface area contributed by atoms with Crippen LogP contribution in [0.15, 0.2) is 0 Å². The number of carbonyl (C=O) groups excluding carboxylic acids is 4. The number of rotatable bonds is 9. The lowest BCUT2D eigenvalue weighted by Crippen LogP contribution is -2.54. The summed E-state index contributed by atoms with van der Waals surface area (Å²) in [6.07, 6.45) is -0.997. The van der Waals surface area contributed by atoms with E-state index in [2.05, 4.69) is 5.32 Å². The van der Waals surface area contributed by atoms with Crippen LogP contribution in [0.4, 0.5) is 0 Å². The molecule has 0 spiro atoms. The first-order chi connectivity index (χ1) is 10.0. The summed E-state index contributed by atoms with van der Waals surface area (Å²) < 4.78 is 0. The highest BCUT2D eigenvalue weighted by atomic mass is 16.4. The van der Waals surface area contributed by atoms with Gasteiger partial charge in [0.25, 0.3) is 0 Å². The molecule has 0 bridgehead atoms. The average Bonchev–Trinajstić information content (AvgIpc) is 2.35. The fourth-order valence-corrected chi connectivity index (χ4v) is 1.39. The largest absolute Gasteiger partial charge is 0.480 e. The minimum absolute atomic E-state index is 0.403. The van der Waals surface area contributed by atoms with Crippen LogP contribution in [0.1, 0.15) is 19.8 Å². The van der Waals surface area contributed by atoms with Gasteiger partial charge in [0.05, 0.1) is 18.9 Å². The third kappa shape index (κ3) is 7.19. The maximum absolute atomic E-state index is 11.7. The van der Waals surface area contributed by atoms with Gasteiger partial charge in [-0.3, -0.25) is 19.2 Å². The molecule has 0 aliphatic carbocycles. The molecular formula is C11H19N5O6. The molecule has 0 saturated carbocycles. The number of carbonyl (C=O) groups is 5. The molecule has 3 atom stereocenters. The lowest BCUT2D eigenvalue weighted by atomic mass is 10.1. The Morgan fingerprint density at radius 3 is 1.86 bits per heavy atom. The molecule has 11 heteroatoms. The van der Waals surface area contributed by atoms with Gasteiger partial charge in [0, 0.05) is 0 Å². The van der Waals surface area contributed by atoms with Gasteiger partial charge in [0.1, 0.15) is 12.1 Å². The van der Waals surface area contributed by atoms with Crippen LogP contribution >= 0.6 is 0 Å². The molecule has 0 radical (unpaired) electrons. The molecule has 0 aromatic heterocycles. The van der Waals surface area contributed by atoms with Crippen molar-refractivity contribution in [1.82, 2.24) is 10.6 Å². The van der Waals surface area contributed by atoms with Crippen molar-refractivity contribution in [3.8, 4) is 0 Å². The van der Waals surface area contributed by atoms with E-state index in [0.717, 1.165) is 0 Å². The Bertz CT molecular complexity index is 480. The van der Waals surface area contributed by atoms with E-state index in [1.165, 1.54) is 6.92 Å². The molecule has 0 saturated heterocycles. The van der Waals surface area contributed by atoms with Gasteiger partial charge in [-0.2, -0.15) is 0 Å². The van der Waals surface area contributed by atoms with Crippen LogP contribution in [0.25, 0.3) is 0 Å². The molecule has 0 heterocycles. The Balaban J connectivity index is 4.58. The van der Waals surface area contributed by atoms with Crippen LogP contribution in [0.5, 0.6) is 0 Å². The van der Waals surface area contributed by atoms with Crippen LogP contribution < -0.4 is 27.8 Å². The van der Waals surface area contributed by atoms with Crippen molar-refractivity contribution < 1.29 is 29.1 Å². The summed E-state index contributed by atoms with van der Waals surface area (Å²) in [5.74, 6) is -4.80. The summed E-state index contributed by atoms with van der Waals surface area (Å²) in [6, 6.07) is -3.88. The lowest BCUT2D eigenvalue weighted by Gasteiger charge is -2.19. The molecule has 11 nitrogen and oxygen atoms in total. The first-order valence-electron chi connectivity index (χ1n) is 6.20. The van der Waals surface area contributed by atoms with Crippen molar-refractivity contribution in [2.24, 2.45) is 17.2 Å². The van der Waals surface area contributed by atoms with Gasteiger partial charge in [-0.05, 0) is 6.92 Å². The molecule has 0 aromatic rings. The number of carboxylic acid groups (broad SMARTS) is 1. The fraction of sp³-hybridized carbons (Fsp3) is 0.545. The van der Waals surface area contributed by atoms with Crippen LogP contribution in [-0.4, -0.2) is 52.8 Å². The SMILES string of the molecule is CC(NC(=O)C(N)CC(N)=O)C(=O)NC(CC(N)=O)C(=O)O. The highest BCUT2D eigenvalue weighted by molar-refractivity contribution is 5.94. The summed E-state index contributed by atoms with van der Waals surface area (Å²) in [7, 11) is 0. The van der Waals surface area contributed by atoms with Gasteiger partial charge in [-0.15, -0.1) is 0 Å². The van der Waals surface area contributed by atoms with Crippen molar-refractivity contribution in [2.45, 2.75) is 37.9 Å². The van der Waals surface area contributed by atoms with Crippen molar-refractivity contribution in [1.29, 1.82) is 0 Å². The van der Waals surface area contributed by atoms with Crippen molar-refractivity contribution in [3.63, 3.8) is 0 Å². The first kappa shape index (κ1) is 19.3. The van der Waals surface area contributed by atoms with E-state index in [9.17, 15) is 24.0 Å². The summed E-state index contributed by atoms with van der Waals surface area (Å²) in [4.78, 5) is 55.5. The highest BCUT2D eigenvalue weighted by Gasteiger charge is 2.26. The summed E-state index contributed by atoms with van der Waals surface area (Å²) in [5.41, 5.74) is 15.1. The maximum atomic E-state index is 11.7. The van der Waals surface area contributed by atoms with Gasteiger partial charge < -0.3 is 32.9 Å². The Labute approximate surface area is 125 Å². The second kappa shape index (κ2) is 8.56. The lowest BCUT2D eigenvalue weighted by molar-refractivity contribution is -0.143. The number of aliphatic carboxylic acids is 1. The molecule has 4 amide bonds. The molecule has 0 aliphatic rings. The Hall–Kier alpha value is -2.69. The van der Waals surface area contributed by atoms with E-state index >= 15 is 0 Å². The number of nitrogens with one attached hydrogen (secondary N) is 2. The zero-order valence-corrected chi connectivity index (χ0v) is 11.9. The molecule has 0 rings (SSSR count). The van der Waals surface area contributed by atoms with E-state index in [1.54, 1.807) is 0 Å². The molecule has 22 heavy (non-hydrogen) atoms. The van der Waals surface area contributed by atoms with Crippen LogP contribution in [0.2, 0.25) is 0 Å². The van der Waals surface area contributed by atoms with Crippen molar-refractivity contribution >= 4 is 29.6 Å². The molecular weight excluding hydrogens is 298 g/mol. The predicted molar refractivity (Wildman–Crippen MR) is 72.8 cm³/mol. The average molecular weight is 317 g/mol. The van der Waals surface area contributed by atoms with E-state index in [0.29, 0.717) is 0 Å². The zero-order valence-electron chi connectivity index (χ0n) is 11.9. The zero-order chi connectivity index (χ0) is 17.4. The van der Waals surface area contributed by atoms with Gasteiger partial charge in [-0.25, -0.2) is 4.79 Å². The molecule has 9 N–H and O–H groups in total. The molecule has 124 valence electrons. The minimum atomic E-state index is -1.51. The number of hydrogen-bond acceptors (Lipinski definition) is 6. The van der Waals surface area contributed by atoms with E-state index in [4.69, 9.17) is 22.3 Å². The van der Waals surface area contributed by atoms with Crippen molar-refractivity contribution in [3.05, 3.63) is 0 Å². The number of carboxylic acids is 1. The highest BCUT2D eigenvalue weighted by Crippen LogP contribution is 1.95. The van der Waals surface area contributed by atoms with E-state index < -0.39 is 60.6 Å². The second-order valence-corrected chi connectivity index (χ2v) is 4.58. The standard InChI is InChI=1S/C11H19N5O6/c1-4(15-10(20)5(12)2-7(13)17)9(19)16-6(11(21)22)3-8(14)18/h4-6H,2-3,12H2,1H3,(H2,13,17)(H2,14,18)(H,15,20)(H,16,19)(H,21,22). The fourth-order valence-electron chi connectivity index (χ4n) is 1.39.